The Morgan fingerprint density at radius 1 is 1.12 bits per heavy atom. The molecule has 0 aliphatic carbocycles. The predicted molar refractivity (Wildman–Crippen MR) is 101 cm³/mol. The minimum atomic E-state index is -0.0286. The maximum absolute atomic E-state index is 12.6. The van der Waals surface area contributed by atoms with E-state index in [4.69, 9.17) is 4.74 Å². The average molecular weight is 359 g/mol. The summed E-state index contributed by atoms with van der Waals surface area (Å²) in [6.45, 7) is 3.80. The Bertz CT molecular complexity index is 620. The quantitative estimate of drug-likeness (QED) is 0.877. The van der Waals surface area contributed by atoms with E-state index in [0.29, 0.717) is 12.5 Å². The van der Waals surface area contributed by atoms with Crippen LogP contribution in [0.2, 0.25) is 0 Å². The van der Waals surface area contributed by atoms with E-state index in [1.165, 1.54) is 6.42 Å². The van der Waals surface area contributed by atoms with E-state index >= 15 is 0 Å². The molecule has 142 valence electrons. The molecule has 6 heteroatoms. The molecule has 2 aliphatic rings. The predicted octanol–water partition coefficient (Wildman–Crippen LogP) is 2.36. The van der Waals surface area contributed by atoms with Gasteiger partial charge in [0.25, 0.3) is 0 Å². The summed E-state index contributed by atoms with van der Waals surface area (Å²) in [5.41, 5.74) is 0.740. The Morgan fingerprint density at radius 3 is 2.54 bits per heavy atom. The van der Waals surface area contributed by atoms with Crippen LogP contribution in [0.15, 0.2) is 24.3 Å². The maximum atomic E-state index is 12.6. The van der Waals surface area contributed by atoms with Crippen molar-refractivity contribution in [1.82, 2.24) is 9.80 Å². The van der Waals surface area contributed by atoms with Gasteiger partial charge < -0.3 is 15.0 Å². The summed E-state index contributed by atoms with van der Waals surface area (Å²) in [4.78, 5) is 29.0. The molecule has 2 amide bonds. The molecule has 0 atom stereocenters. The third-order valence-corrected chi connectivity index (χ3v) is 5.33. The summed E-state index contributed by atoms with van der Waals surface area (Å²) in [7, 11) is 1.61. The molecule has 2 heterocycles. The highest BCUT2D eigenvalue weighted by Crippen LogP contribution is 2.22. The van der Waals surface area contributed by atoms with Crippen molar-refractivity contribution in [2.75, 3.05) is 45.2 Å². The Balaban J connectivity index is 1.43. The molecular formula is C20H29N3O3. The Hall–Kier alpha value is -2.08. The molecule has 0 spiro atoms. The fourth-order valence-electron chi connectivity index (χ4n) is 3.81. The minimum Gasteiger partial charge on any atom is -0.497 e. The van der Waals surface area contributed by atoms with E-state index in [2.05, 4.69) is 10.2 Å². The van der Waals surface area contributed by atoms with Crippen LogP contribution in [0.4, 0.5) is 5.69 Å². The second kappa shape index (κ2) is 9.03. The van der Waals surface area contributed by atoms with Gasteiger partial charge in [-0.2, -0.15) is 0 Å². The molecule has 2 saturated heterocycles. The summed E-state index contributed by atoms with van der Waals surface area (Å²) in [6, 6.07) is 7.36. The van der Waals surface area contributed by atoms with Gasteiger partial charge in [0.05, 0.1) is 13.7 Å². The number of likely N-dealkylation sites (tertiary alicyclic amines) is 2. The fraction of sp³-hybridized carbons (Fsp3) is 0.600. The van der Waals surface area contributed by atoms with Gasteiger partial charge in [0.15, 0.2) is 0 Å². The number of piperidine rings is 2. The van der Waals surface area contributed by atoms with Gasteiger partial charge in [-0.15, -0.1) is 0 Å². The summed E-state index contributed by atoms with van der Waals surface area (Å²) >= 11 is 0. The Labute approximate surface area is 155 Å². The molecule has 26 heavy (non-hydrogen) atoms. The van der Waals surface area contributed by atoms with Crippen LogP contribution < -0.4 is 10.1 Å². The number of carbonyl (C=O) groups is 2. The van der Waals surface area contributed by atoms with Crippen LogP contribution in [0.25, 0.3) is 0 Å². The molecule has 0 unspecified atom stereocenters. The third-order valence-electron chi connectivity index (χ3n) is 5.33. The van der Waals surface area contributed by atoms with Crippen molar-refractivity contribution in [3.8, 4) is 5.75 Å². The van der Waals surface area contributed by atoms with Crippen molar-refractivity contribution in [2.24, 2.45) is 5.92 Å². The third kappa shape index (κ3) is 4.97. The second-order valence-corrected chi connectivity index (χ2v) is 7.22. The minimum absolute atomic E-state index is 0.0286. The number of anilines is 1. The molecule has 1 N–H and O–H groups in total. The van der Waals surface area contributed by atoms with Gasteiger partial charge in [0.2, 0.25) is 11.8 Å². The number of nitrogens with one attached hydrogen (secondary N) is 1. The van der Waals surface area contributed by atoms with Crippen LogP contribution in [-0.2, 0) is 9.59 Å². The summed E-state index contributed by atoms with van der Waals surface area (Å²) in [5, 5.41) is 2.91. The van der Waals surface area contributed by atoms with Crippen molar-refractivity contribution in [3.05, 3.63) is 24.3 Å². The number of amides is 2. The first kappa shape index (κ1) is 18.7. The molecular weight excluding hydrogens is 330 g/mol. The SMILES string of the molecule is COc1cccc(NC(=O)CN2CCC(C(=O)N3CCCCC3)CC2)c1. The molecule has 0 radical (unpaired) electrons. The standard InChI is InChI=1S/C20H29N3O3/c1-26-18-7-5-6-17(14-18)21-19(24)15-22-12-8-16(9-13-22)20(25)23-10-3-2-4-11-23/h5-7,14,16H,2-4,8-13,15H2,1H3,(H,21,24). The molecule has 2 fully saturated rings. The summed E-state index contributed by atoms with van der Waals surface area (Å²) in [5.74, 6) is 1.15. The fourth-order valence-corrected chi connectivity index (χ4v) is 3.81. The van der Waals surface area contributed by atoms with E-state index in [9.17, 15) is 9.59 Å². The number of hydrogen-bond donors (Lipinski definition) is 1. The topological polar surface area (TPSA) is 61.9 Å². The molecule has 6 nitrogen and oxygen atoms in total. The highest BCUT2D eigenvalue weighted by Gasteiger charge is 2.29. The molecule has 1 aromatic carbocycles. The number of rotatable bonds is 5. The smallest absolute Gasteiger partial charge is 0.238 e. The number of hydrogen-bond acceptors (Lipinski definition) is 4. The maximum Gasteiger partial charge on any atom is 0.238 e. The number of nitrogens with zero attached hydrogens (tertiary/aromatic N) is 2. The largest absolute Gasteiger partial charge is 0.497 e. The first-order chi connectivity index (χ1) is 12.7. The van der Waals surface area contributed by atoms with Crippen molar-refractivity contribution in [2.45, 2.75) is 32.1 Å². The van der Waals surface area contributed by atoms with E-state index < -0.39 is 0 Å². The van der Waals surface area contributed by atoms with Gasteiger partial charge in [-0.3, -0.25) is 14.5 Å². The van der Waals surface area contributed by atoms with E-state index in [-0.39, 0.29) is 11.8 Å². The average Bonchev–Trinajstić information content (AvgIpc) is 2.69. The lowest BCUT2D eigenvalue weighted by atomic mass is 9.94. The van der Waals surface area contributed by atoms with Gasteiger partial charge in [0.1, 0.15) is 5.75 Å². The molecule has 0 bridgehead atoms. The lowest BCUT2D eigenvalue weighted by molar-refractivity contribution is -0.138. The molecule has 0 aromatic heterocycles. The van der Waals surface area contributed by atoms with Crippen LogP contribution in [0.1, 0.15) is 32.1 Å². The Morgan fingerprint density at radius 2 is 1.85 bits per heavy atom. The highest BCUT2D eigenvalue weighted by atomic mass is 16.5. The van der Waals surface area contributed by atoms with Crippen LogP contribution in [0, 0.1) is 5.92 Å². The van der Waals surface area contributed by atoms with E-state index in [1.54, 1.807) is 13.2 Å². The number of carbonyl (C=O) groups excluding carboxylic acids is 2. The van der Waals surface area contributed by atoms with Crippen LogP contribution in [-0.4, -0.2) is 61.4 Å². The zero-order valence-corrected chi connectivity index (χ0v) is 15.6. The van der Waals surface area contributed by atoms with E-state index in [0.717, 1.165) is 63.3 Å². The van der Waals surface area contributed by atoms with Gasteiger partial charge in [-0.05, 0) is 57.3 Å². The molecule has 0 saturated carbocycles. The number of benzene rings is 1. The van der Waals surface area contributed by atoms with Gasteiger partial charge in [0, 0.05) is 30.8 Å². The Kier molecular flexibility index (Phi) is 6.50. The first-order valence-corrected chi connectivity index (χ1v) is 9.61. The second-order valence-electron chi connectivity index (χ2n) is 7.22. The van der Waals surface area contributed by atoms with Crippen LogP contribution in [0.3, 0.4) is 0 Å². The van der Waals surface area contributed by atoms with Crippen molar-refractivity contribution in [3.63, 3.8) is 0 Å². The summed E-state index contributed by atoms with van der Waals surface area (Å²) < 4.78 is 5.17. The lowest BCUT2D eigenvalue weighted by Gasteiger charge is -2.35. The summed E-state index contributed by atoms with van der Waals surface area (Å²) in [6.07, 6.45) is 5.21. The lowest BCUT2D eigenvalue weighted by Crippen LogP contribution is -2.45. The number of ether oxygens (including phenoxy) is 1. The zero-order valence-electron chi connectivity index (χ0n) is 15.6. The van der Waals surface area contributed by atoms with Gasteiger partial charge in [-0.25, -0.2) is 0 Å². The van der Waals surface area contributed by atoms with Crippen LogP contribution >= 0.6 is 0 Å². The van der Waals surface area contributed by atoms with Crippen LogP contribution in [0.5, 0.6) is 5.75 Å². The number of methoxy groups -OCH3 is 1. The molecule has 1 aromatic rings. The highest BCUT2D eigenvalue weighted by molar-refractivity contribution is 5.92. The van der Waals surface area contributed by atoms with Gasteiger partial charge >= 0.3 is 0 Å². The van der Waals surface area contributed by atoms with E-state index in [1.807, 2.05) is 23.1 Å². The van der Waals surface area contributed by atoms with Crippen molar-refractivity contribution in [1.29, 1.82) is 0 Å². The normalized spacial score (nSPS) is 19.2. The monoisotopic (exact) mass is 359 g/mol. The van der Waals surface area contributed by atoms with Crippen molar-refractivity contribution < 1.29 is 14.3 Å². The first-order valence-electron chi connectivity index (χ1n) is 9.61. The zero-order chi connectivity index (χ0) is 18.4. The van der Waals surface area contributed by atoms with Gasteiger partial charge in [-0.1, -0.05) is 6.07 Å². The molecule has 2 aliphatic heterocycles. The molecule has 3 rings (SSSR count). The van der Waals surface area contributed by atoms with Crippen molar-refractivity contribution >= 4 is 17.5 Å².